The lowest BCUT2D eigenvalue weighted by Gasteiger charge is -2.24. The monoisotopic (exact) mass is 387 g/mol. The first-order valence-corrected chi connectivity index (χ1v) is 9.92. The van der Waals surface area contributed by atoms with Gasteiger partial charge in [0.2, 0.25) is 5.91 Å². The van der Waals surface area contributed by atoms with Crippen molar-refractivity contribution in [1.29, 1.82) is 0 Å². The van der Waals surface area contributed by atoms with Crippen molar-refractivity contribution < 1.29 is 9.53 Å². The van der Waals surface area contributed by atoms with Crippen LogP contribution in [-0.2, 0) is 11.3 Å². The Labute approximate surface area is 171 Å². The number of rotatable bonds is 6. The van der Waals surface area contributed by atoms with Crippen LogP contribution in [0.1, 0.15) is 18.4 Å². The molecule has 1 fully saturated rings. The van der Waals surface area contributed by atoms with Crippen molar-refractivity contribution in [2.45, 2.75) is 25.4 Å². The molecule has 1 atom stereocenters. The predicted molar refractivity (Wildman–Crippen MR) is 115 cm³/mol. The quantitative estimate of drug-likeness (QED) is 0.683. The summed E-state index contributed by atoms with van der Waals surface area (Å²) in [6.07, 6.45) is 5.50. The Morgan fingerprint density at radius 1 is 1.10 bits per heavy atom. The van der Waals surface area contributed by atoms with Crippen LogP contribution in [0, 0.1) is 0 Å². The average Bonchev–Trinajstić information content (AvgIpc) is 3.23. The maximum atomic E-state index is 13.1. The summed E-state index contributed by atoms with van der Waals surface area (Å²) in [6.45, 7) is 1.70. The van der Waals surface area contributed by atoms with Gasteiger partial charge in [0.25, 0.3) is 0 Å². The van der Waals surface area contributed by atoms with E-state index in [9.17, 15) is 4.79 Å². The van der Waals surface area contributed by atoms with Gasteiger partial charge in [-0.05, 0) is 60.8 Å². The van der Waals surface area contributed by atoms with Gasteiger partial charge in [0.1, 0.15) is 5.75 Å². The first-order valence-electron chi connectivity index (χ1n) is 9.92. The topological polar surface area (TPSA) is 54.5 Å². The number of nitrogens with one attached hydrogen (secondary N) is 1. The number of hydrogen-bond donors (Lipinski definition) is 1. The molecule has 2 aromatic carbocycles. The number of pyridine rings is 1. The number of para-hydroxylation sites is 1. The summed E-state index contributed by atoms with van der Waals surface area (Å²) >= 11 is 0. The Kier molecular flexibility index (Phi) is 5.86. The maximum Gasteiger partial charge on any atom is 0.241 e. The van der Waals surface area contributed by atoms with E-state index in [1.807, 2.05) is 60.7 Å². The van der Waals surface area contributed by atoms with Crippen molar-refractivity contribution in [2.75, 3.05) is 19.0 Å². The highest BCUT2D eigenvalue weighted by Crippen LogP contribution is 2.30. The van der Waals surface area contributed by atoms with Crippen LogP contribution in [0.15, 0.2) is 73.1 Å². The van der Waals surface area contributed by atoms with Gasteiger partial charge >= 0.3 is 0 Å². The first-order chi connectivity index (χ1) is 14.2. The summed E-state index contributed by atoms with van der Waals surface area (Å²) in [5.74, 6) is 0.866. The van der Waals surface area contributed by atoms with Gasteiger partial charge in [-0.25, -0.2) is 0 Å². The third-order valence-electron chi connectivity index (χ3n) is 5.39. The van der Waals surface area contributed by atoms with E-state index < -0.39 is 0 Å². The molecule has 29 heavy (non-hydrogen) atoms. The van der Waals surface area contributed by atoms with Crippen molar-refractivity contribution in [1.82, 2.24) is 9.88 Å². The number of nitrogens with zero attached hydrogens (tertiary/aromatic N) is 2. The number of methoxy groups -OCH3 is 1. The molecule has 4 rings (SSSR count). The fourth-order valence-corrected chi connectivity index (χ4v) is 3.87. The van der Waals surface area contributed by atoms with Gasteiger partial charge in [-0.15, -0.1) is 0 Å². The molecule has 2 heterocycles. The predicted octanol–water partition coefficient (Wildman–Crippen LogP) is 4.36. The fraction of sp³-hybridized carbons (Fsp3) is 0.250. The molecular formula is C24H25N3O2. The van der Waals surface area contributed by atoms with E-state index in [2.05, 4.69) is 15.2 Å². The largest absolute Gasteiger partial charge is 0.497 e. The first kappa shape index (κ1) is 19.2. The molecule has 1 N–H and O–H groups in total. The van der Waals surface area contributed by atoms with E-state index in [4.69, 9.17) is 4.74 Å². The van der Waals surface area contributed by atoms with Crippen molar-refractivity contribution >= 4 is 11.6 Å². The second kappa shape index (κ2) is 8.88. The highest BCUT2D eigenvalue weighted by Gasteiger charge is 2.31. The Morgan fingerprint density at radius 3 is 2.62 bits per heavy atom. The normalized spacial score (nSPS) is 16.5. The molecule has 1 amide bonds. The van der Waals surface area contributed by atoms with Crippen molar-refractivity contribution in [2.24, 2.45) is 0 Å². The van der Waals surface area contributed by atoms with E-state index in [0.29, 0.717) is 0 Å². The lowest BCUT2D eigenvalue weighted by molar-refractivity contribution is -0.120. The minimum Gasteiger partial charge on any atom is -0.497 e. The van der Waals surface area contributed by atoms with Crippen LogP contribution < -0.4 is 10.1 Å². The Bertz CT molecular complexity index is 957. The summed E-state index contributed by atoms with van der Waals surface area (Å²) in [6, 6.07) is 19.7. The van der Waals surface area contributed by atoms with Crippen LogP contribution in [0.25, 0.3) is 11.1 Å². The second-order valence-corrected chi connectivity index (χ2v) is 7.25. The molecule has 0 bridgehead atoms. The Morgan fingerprint density at radius 2 is 1.86 bits per heavy atom. The standard InChI is InChI=1S/C24H25N3O2/c1-29-20-10-8-19(9-11-20)21-5-2-3-6-22(21)26-24(28)23-7-4-16-27(23)17-18-12-14-25-15-13-18/h2-3,5-6,8-15,23H,4,7,16-17H2,1H3,(H,26,28)/t23-/m1/s1. The van der Waals surface area contributed by atoms with Gasteiger partial charge in [-0.1, -0.05) is 30.3 Å². The van der Waals surface area contributed by atoms with Crippen LogP contribution in [0.3, 0.4) is 0 Å². The number of benzene rings is 2. The van der Waals surface area contributed by atoms with Gasteiger partial charge in [0, 0.05) is 30.2 Å². The van der Waals surface area contributed by atoms with E-state index in [1.165, 1.54) is 5.56 Å². The smallest absolute Gasteiger partial charge is 0.241 e. The zero-order valence-electron chi connectivity index (χ0n) is 16.5. The molecule has 148 valence electrons. The van der Waals surface area contributed by atoms with Crippen molar-refractivity contribution in [3.8, 4) is 16.9 Å². The number of hydrogen-bond acceptors (Lipinski definition) is 4. The van der Waals surface area contributed by atoms with Gasteiger partial charge in [-0.2, -0.15) is 0 Å². The van der Waals surface area contributed by atoms with Crippen LogP contribution in [-0.4, -0.2) is 35.5 Å². The lowest BCUT2D eigenvalue weighted by Crippen LogP contribution is -2.39. The maximum absolute atomic E-state index is 13.1. The number of likely N-dealkylation sites (tertiary alicyclic amines) is 1. The molecule has 0 spiro atoms. The molecule has 1 aliphatic heterocycles. The van der Waals surface area contributed by atoms with Crippen LogP contribution in [0.4, 0.5) is 5.69 Å². The number of anilines is 1. The summed E-state index contributed by atoms with van der Waals surface area (Å²) < 4.78 is 5.25. The minimum absolute atomic E-state index is 0.0533. The van der Waals surface area contributed by atoms with E-state index in [-0.39, 0.29) is 11.9 Å². The molecule has 1 aliphatic rings. The molecule has 1 saturated heterocycles. The molecule has 5 nitrogen and oxygen atoms in total. The van der Waals surface area contributed by atoms with Gasteiger partial charge in [0.15, 0.2) is 0 Å². The lowest BCUT2D eigenvalue weighted by atomic mass is 10.0. The van der Waals surface area contributed by atoms with Gasteiger partial charge in [-0.3, -0.25) is 14.7 Å². The molecule has 0 radical (unpaired) electrons. The van der Waals surface area contributed by atoms with E-state index in [1.54, 1.807) is 19.5 Å². The number of amides is 1. The van der Waals surface area contributed by atoms with Crippen molar-refractivity contribution in [3.05, 3.63) is 78.6 Å². The highest BCUT2D eigenvalue weighted by molar-refractivity contribution is 5.98. The zero-order valence-corrected chi connectivity index (χ0v) is 16.5. The Hall–Kier alpha value is -3.18. The number of carbonyl (C=O) groups is 1. The van der Waals surface area contributed by atoms with Crippen LogP contribution in [0.2, 0.25) is 0 Å². The van der Waals surface area contributed by atoms with Gasteiger partial charge in [0.05, 0.1) is 13.2 Å². The zero-order chi connectivity index (χ0) is 20.1. The number of ether oxygens (including phenoxy) is 1. The van der Waals surface area contributed by atoms with Gasteiger partial charge < -0.3 is 10.1 Å². The molecule has 0 aliphatic carbocycles. The third-order valence-corrected chi connectivity index (χ3v) is 5.39. The second-order valence-electron chi connectivity index (χ2n) is 7.25. The SMILES string of the molecule is COc1ccc(-c2ccccc2NC(=O)[C@H]2CCCN2Cc2ccncc2)cc1. The summed E-state index contributed by atoms with van der Waals surface area (Å²) in [4.78, 5) is 19.4. The Balaban J connectivity index is 1.50. The van der Waals surface area contributed by atoms with Crippen LogP contribution >= 0.6 is 0 Å². The summed E-state index contributed by atoms with van der Waals surface area (Å²) in [5.41, 5.74) is 4.06. The average molecular weight is 387 g/mol. The molecule has 0 saturated carbocycles. The number of carbonyl (C=O) groups excluding carboxylic acids is 1. The third kappa shape index (κ3) is 4.46. The molecule has 3 aromatic rings. The van der Waals surface area contributed by atoms with E-state index >= 15 is 0 Å². The fourth-order valence-electron chi connectivity index (χ4n) is 3.87. The number of aromatic nitrogens is 1. The van der Waals surface area contributed by atoms with Crippen LogP contribution in [0.5, 0.6) is 5.75 Å². The van der Waals surface area contributed by atoms with E-state index in [0.717, 1.165) is 48.5 Å². The molecule has 0 unspecified atom stereocenters. The molecule has 1 aromatic heterocycles. The summed E-state index contributed by atoms with van der Waals surface area (Å²) in [7, 11) is 1.66. The molecule has 5 heteroatoms. The summed E-state index contributed by atoms with van der Waals surface area (Å²) in [5, 5.41) is 3.17. The highest BCUT2D eigenvalue weighted by atomic mass is 16.5. The molecular weight excluding hydrogens is 362 g/mol. The minimum atomic E-state index is -0.118. The van der Waals surface area contributed by atoms with Crippen molar-refractivity contribution in [3.63, 3.8) is 0 Å².